The van der Waals surface area contributed by atoms with Crippen LogP contribution >= 0.6 is 11.3 Å². The molecule has 0 radical (unpaired) electrons. The van der Waals surface area contributed by atoms with Crippen molar-refractivity contribution >= 4 is 17.4 Å². The van der Waals surface area contributed by atoms with Gasteiger partial charge in [0.05, 0.1) is 12.6 Å². The summed E-state index contributed by atoms with van der Waals surface area (Å²) in [5, 5.41) is 7.61. The fourth-order valence-corrected chi connectivity index (χ4v) is 2.84. The average molecular weight is 298 g/mol. The molecule has 2 rings (SSSR count). The van der Waals surface area contributed by atoms with Gasteiger partial charge in [0.15, 0.2) is 0 Å². The summed E-state index contributed by atoms with van der Waals surface area (Å²) in [5.41, 5.74) is 2.34. The fraction of sp³-hybridized carbons (Fsp3) is 0.235. The van der Waals surface area contributed by atoms with Gasteiger partial charge in [0.1, 0.15) is 0 Å². The molecule has 108 valence electrons. The standard InChI is InChI=1S/C17H18N2OS/c1-3-11-18-17(20)19-16(15-6-5-12-21-15)14-9-7-13(4-2)8-10-14/h1,5-10,12,16H,4,11H2,2H3,(H2,18,19,20). The van der Waals surface area contributed by atoms with Gasteiger partial charge in [-0.3, -0.25) is 0 Å². The third-order valence-corrected chi connectivity index (χ3v) is 4.11. The number of thiophene rings is 1. The van der Waals surface area contributed by atoms with Gasteiger partial charge in [0.25, 0.3) is 0 Å². The SMILES string of the molecule is C#CCNC(=O)NC(c1ccc(CC)cc1)c1cccs1. The van der Waals surface area contributed by atoms with Crippen molar-refractivity contribution in [2.24, 2.45) is 0 Å². The summed E-state index contributed by atoms with van der Waals surface area (Å²) in [4.78, 5) is 13.0. The summed E-state index contributed by atoms with van der Waals surface area (Å²) < 4.78 is 0. The van der Waals surface area contributed by atoms with E-state index in [0.29, 0.717) is 0 Å². The number of benzene rings is 1. The molecular formula is C17H18N2OS. The summed E-state index contributed by atoms with van der Waals surface area (Å²) in [6.07, 6.45) is 6.15. The Kier molecular flexibility index (Phi) is 5.42. The van der Waals surface area contributed by atoms with Gasteiger partial charge in [-0.1, -0.05) is 43.2 Å². The molecule has 0 fully saturated rings. The van der Waals surface area contributed by atoms with Crippen LogP contribution in [0.1, 0.15) is 29.0 Å². The molecule has 1 heterocycles. The molecular weight excluding hydrogens is 280 g/mol. The van der Waals surface area contributed by atoms with Crippen LogP contribution in [-0.4, -0.2) is 12.6 Å². The third kappa shape index (κ3) is 4.11. The Morgan fingerprint density at radius 3 is 2.67 bits per heavy atom. The van der Waals surface area contributed by atoms with Gasteiger partial charge in [0.2, 0.25) is 0 Å². The van der Waals surface area contributed by atoms with Crippen molar-refractivity contribution < 1.29 is 4.79 Å². The lowest BCUT2D eigenvalue weighted by Crippen LogP contribution is -2.38. The molecule has 21 heavy (non-hydrogen) atoms. The number of hydrogen-bond donors (Lipinski definition) is 2. The molecule has 0 aliphatic rings. The van der Waals surface area contributed by atoms with Crippen molar-refractivity contribution in [3.63, 3.8) is 0 Å². The van der Waals surface area contributed by atoms with Crippen LogP contribution in [0.5, 0.6) is 0 Å². The number of rotatable bonds is 5. The van der Waals surface area contributed by atoms with E-state index in [1.54, 1.807) is 11.3 Å². The van der Waals surface area contributed by atoms with Gasteiger partial charge < -0.3 is 10.6 Å². The van der Waals surface area contributed by atoms with Gasteiger partial charge in [-0.05, 0) is 29.0 Å². The topological polar surface area (TPSA) is 41.1 Å². The van der Waals surface area contributed by atoms with E-state index in [4.69, 9.17) is 6.42 Å². The molecule has 0 aliphatic carbocycles. The minimum atomic E-state index is -0.258. The van der Waals surface area contributed by atoms with Crippen molar-refractivity contribution in [1.29, 1.82) is 0 Å². The van der Waals surface area contributed by atoms with Crippen LogP contribution < -0.4 is 10.6 Å². The first-order valence-electron chi connectivity index (χ1n) is 6.84. The maximum atomic E-state index is 11.9. The molecule has 0 aliphatic heterocycles. The number of aryl methyl sites for hydroxylation is 1. The maximum Gasteiger partial charge on any atom is 0.316 e. The Bertz CT molecular complexity index is 611. The first kappa shape index (κ1) is 15.1. The molecule has 0 bridgehead atoms. The smallest absolute Gasteiger partial charge is 0.316 e. The molecule has 1 aromatic carbocycles. The van der Waals surface area contributed by atoms with Gasteiger partial charge >= 0.3 is 6.03 Å². The molecule has 3 nitrogen and oxygen atoms in total. The molecule has 0 saturated heterocycles. The second kappa shape index (κ2) is 7.51. The van der Waals surface area contributed by atoms with E-state index in [1.165, 1.54) is 5.56 Å². The van der Waals surface area contributed by atoms with Gasteiger partial charge in [-0.15, -0.1) is 17.8 Å². The lowest BCUT2D eigenvalue weighted by atomic mass is 10.0. The first-order chi connectivity index (χ1) is 10.2. The Morgan fingerprint density at radius 2 is 2.10 bits per heavy atom. The summed E-state index contributed by atoms with van der Waals surface area (Å²) in [6.45, 7) is 2.34. The largest absolute Gasteiger partial charge is 0.327 e. The average Bonchev–Trinajstić information content (AvgIpc) is 3.05. The highest BCUT2D eigenvalue weighted by Crippen LogP contribution is 2.26. The molecule has 1 atom stereocenters. The van der Waals surface area contributed by atoms with Crippen LogP contribution in [0.25, 0.3) is 0 Å². The number of urea groups is 1. The number of carbonyl (C=O) groups excluding carboxylic acids is 1. The van der Waals surface area contributed by atoms with Crippen molar-refractivity contribution in [1.82, 2.24) is 10.6 Å². The maximum absolute atomic E-state index is 11.9. The highest BCUT2D eigenvalue weighted by molar-refractivity contribution is 7.10. The summed E-state index contributed by atoms with van der Waals surface area (Å²) in [6, 6.07) is 11.9. The van der Waals surface area contributed by atoms with Crippen LogP contribution in [0.3, 0.4) is 0 Å². The zero-order valence-electron chi connectivity index (χ0n) is 11.9. The second-order valence-corrected chi connectivity index (χ2v) is 5.55. The second-order valence-electron chi connectivity index (χ2n) is 4.57. The zero-order chi connectivity index (χ0) is 15.1. The highest BCUT2D eigenvalue weighted by Gasteiger charge is 2.17. The van der Waals surface area contributed by atoms with E-state index < -0.39 is 0 Å². The number of hydrogen-bond acceptors (Lipinski definition) is 2. The van der Waals surface area contributed by atoms with Crippen molar-refractivity contribution in [3.8, 4) is 12.3 Å². The van der Waals surface area contributed by atoms with E-state index in [2.05, 4.69) is 47.7 Å². The molecule has 2 N–H and O–H groups in total. The van der Waals surface area contributed by atoms with Crippen molar-refractivity contribution in [2.75, 3.05) is 6.54 Å². The number of amides is 2. The predicted octanol–water partition coefficient (Wildman–Crippen LogP) is 3.33. The van der Waals surface area contributed by atoms with Gasteiger partial charge in [-0.2, -0.15) is 0 Å². The Hall–Kier alpha value is -2.25. The molecule has 1 aromatic heterocycles. The Balaban J connectivity index is 2.20. The van der Waals surface area contributed by atoms with Crippen molar-refractivity contribution in [3.05, 3.63) is 57.8 Å². The van der Waals surface area contributed by atoms with Crippen LogP contribution in [0, 0.1) is 12.3 Å². The summed E-state index contributed by atoms with van der Waals surface area (Å²) in [5.74, 6) is 2.39. The van der Waals surface area contributed by atoms with Crippen LogP contribution in [-0.2, 0) is 6.42 Å². The molecule has 0 spiro atoms. The van der Waals surface area contributed by atoms with Crippen LogP contribution in [0.15, 0.2) is 41.8 Å². The summed E-state index contributed by atoms with van der Waals surface area (Å²) >= 11 is 1.62. The first-order valence-corrected chi connectivity index (χ1v) is 7.72. The zero-order valence-corrected chi connectivity index (χ0v) is 12.7. The van der Waals surface area contributed by atoms with E-state index >= 15 is 0 Å². The summed E-state index contributed by atoms with van der Waals surface area (Å²) in [7, 11) is 0. The monoisotopic (exact) mass is 298 g/mol. The molecule has 2 amide bonds. The third-order valence-electron chi connectivity index (χ3n) is 3.18. The number of carbonyl (C=O) groups is 1. The lowest BCUT2D eigenvalue weighted by molar-refractivity contribution is 0.240. The normalized spacial score (nSPS) is 11.4. The predicted molar refractivity (Wildman–Crippen MR) is 87.3 cm³/mol. The minimum Gasteiger partial charge on any atom is -0.327 e. The van der Waals surface area contributed by atoms with Crippen LogP contribution in [0.4, 0.5) is 4.79 Å². The number of nitrogens with one attached hydrogen (secondary N) is 2. The van der Waals surface area contributed by atoms with Crippen molar-refractivity contribution in [2.45, 2.75) is 19.4 Å². The molecule has 1 unspecified atom stereocenters. The fourth-order valence-electron chi connectivity index (χ4n) is 2.03. The molecule has 2 aromatic rings. The Morgan fingerprint density at radius 1 is 1.33 bits per heavy atom. The lowest BCUT2D eigenvalue weighted by Gasteiger charge is -2.18. The molecule has 0 saturated carbocycles. The molecule has 4 heteroatoms. The van der Waals surface area contributed by atoms with Gasteiger partial charge in [0, 0.05) is 4.88 Å². The van der Waals surface area contributed by atoms with Crippen LogP contribution in [0.2, 0.25) is 0 Å². The van der Waals surface area contributed by atoms with E-state index in [9.17, 15) is 4.79 Å². The Labute approximate surface area is 129 Å². The highest BCUT2D eigenvalue weighted by atomic mass is 32.1. The minimum absolute atomic E-state index is 0.159. The van der Waals surface area contributed by atoms with Gasteiger partial charge in [-0.25, -0.2) is 4.79 Å². The van der Waals surface area contributed by atoms with E-state index in [1.807, 2.05) is 17.5 Å². The number of terminal acetylenes is 1. The van der Waals surface area contributed by atoms with E-state index in [0.717, 1.165) is 16.9 Å². The van der Waals surface area contributed by atoms with E-state index in [-0.39, 0.29) is 18.6 Å². The quantitative estimate of drug-likeness (QED) is 0.817.